The Balaban J connectivity index is 1.38. The van der Waals surface area contributed by atoms with Crippen molar-refractivity contribution in [3.8, 4) is 5.75 Å². The maximum absolute atomic E-state index is 5.96. The van der Waals surface area contributed by atoms with Gasteiger partial charge in [-0.15, -0.1) is 0 Å². The average molecular weight is 317 g/mol. The monoisotopic (exact) mass is 317 g/mol. The van der Waals surface area contributed by atoms with Gasteiger partial charge in [0.05, 0.1) is 0 Å². The van der Waals surface area contributed by atoms with E-state index in [2.05, 4.69) is 34.1 Å². The van der Waals surface area contributed by atoms with Gasteiger partial charge in [-0.25, -0.2) is 0 Å². The largest absolute Gasteiger partial charge is 0.492 e. The second-order valence-electron chi connectivity index (χ2n) is 7.01. The summed E-state index contributed by atoms with van der Waals surface area (Å²) in [4.78, 5) is 5.01. The summed E-state index contributed by atoms with van der Waals surface area (Å²) in [6, 6.07) is 9.03. The maximum Gasteiger partial charge on any atom is 0.119 e. The van der Waals surface area contributed by atoms with Crippen LogP contribution in [0.3, 0.4) is 0 Å². The fraction of sp³-hybridized carbons (Fsp3) is 0.684. The molecule has 4 heteroatoms. The highest BCUT2D eigenvalue weighted by molar-refractivity contribution is 5.27. The van der Waals surface area contributed by atoms with Crippen LogP contribution in [0.5, 0.6) is 5.75 Å². The molecule has 128 valence electrons. The predicted octanol–water partition coefficient (Wildman–Crippen LogP) is 2.47. The van der Waals surface area contributed by atoms with Crippen molar-refractivity contribution in [1.82, 2.24) is 9.80 Å². The number of hydrogen-bond acceptors (Lipinski definition) is 4. The van der Waals surface area contributed by atoms with E-state index in [4.69, 9.17) is 10.5 Å². The molecule has 23 heavy (non-hydrogen) atoms. The molecule has 0 atom stereocenters. The molecular formula is C19H31N3O. The lowest BCUT2D eigenvalue weighted by molar-refractivity contribution is 0.183. The topological polar surface area (TPSA) is 41.7 Å². The molecule has 0 unspecified atom stereocenters. The van der Waals surface area contributed by atoms with E-state index in [1.165, 1.54) is 37.9 Å². The molecular weight excluding hydrogens is 286 g/mol. The van der Waals surface area contributed by atoms with E-state index in [9.17, 15) is 0 Å². The Morgan fingerprint density at radius 3 is 2.30 bits per heavy atom. The normalized spacial score (nSPS) is 21.4. The molecule has 3 rings (SSSR count). The van der Waals surface area contributed by atoms with Crippen LogP contribution >= 0.6 is 0 Å². The molecule has 0 aliphatic carbocycles. The Bertz CT molecular complexity index is 448. The summed E-state index contributed by atoms with van der Waals surface area (Å²) in [6.07, 6.45) is 6.32. The van der Waals surface area contributed by atoms with Crippen LogP contribution in [-0.2, 0) is 6.54 Å². The van der Waals surface area contributed by atoms with Gasteiger partial charge in [0, 0.05) is 19.1 Å². The number of nitrogens with two attached hydrogens (primary N) is 1. The number of rotatable bonds is 6. The summed E-state index contributed by atoms with van der Waals surface area (Å²) in [5.74, 6) is 0.992. The van der Waals surface area contributed by atoms with Crippen LogP contribution in [-0.4, -0.2) is 55.2 Å². The summed E-state index contributed by atoms with van der Waals surface area (Å²) < 4.78 is 5.90. The highest BCUT2D eigenvalue weighted by Gasteiger charge is 2.15. The van der Waals surface area contributed by atoms with Gasteiger partial charge in [-0.1, -0.05) is 18.6 Å². The van der Waals surface area contributed by atoms with Crippen LogP contribution in [0.15, 0.2) is 24.3 Å². The summed E-state index contributed by atoms with van der Waals surface area (Å²) in [5.41, 5.74) is 7.33. The second-order valence-corrected chi connectivity index (χ2v) is 7.01. The number of hydrogen-bond donors (Lipinski definition) is 1. The quantitative estimate of drug-likeness (QED) is 0.875. The molecule has 0 spiro atoms. The summed E-state index contributed by atoms with van der Waals surface area (Å²) in [6.45, 7) is 7.59. The van der Waals surface area contributed by atoms with E-state index in [0.29, 0.717) is 6.04 Å². The smallest absolute Gasteiger partial charge is 0.119 e. The Morgan fingerprint density at radius 2 is 1.61 bits per heavy atom. The molecule has 2 aliphatic heterocycles. The Labute approximate surface area is 140 Å². The Hall–Kier alpha value is -1.10. The lowest BCUT2D eigenvalue weighted by Crippen LogP contribution is -2.39. The van der Waals surface area contributed by atoms with Crippen LogP contribution in [0.25, 0.3) is 0 Å². The standard InChI is InChI=1S/C19H31N3O/c20-18-8-12-22(13-9-18)16-17-4-6-19(7-5-17)23-15-14-21-10-2-1-3-11-21/h4-7,18H,1-3,8-16,20H2. The van der Waals surface area contributed by atoms with Gasteiger partial charge < -0.3 is 10.5 Å². The van der Waals surface area contributed by atoms with Crippen LogP contribution in [0, 0.1) is 0 Å². The van der Waals surface area contributed by atoms with Crippen molar-refractivity contribution in [3.05, 3.63) is 29.8 Å². The zero-order valence-electron chi connectivity index (χ0n) is 14.3. The van der Waals surface area contributed by atoms with Crippen LogP contribution in [0.2, 0.25) is 0 Å². The van der Waals surface area contributed by atoms with Crippen LogP contribution in [0.4, 0.5) is 0 Å². The minimum absolute atomic E-state index is 0.405. The number of benzene rings is 1. The third-order valence-corrected chi connectivity index (χ3v) is 5.09. The molecule has 0 radical (unpaired) electrons. The molecule has 2 saturated heterocycles. The van der Waals surface area contributed by atoms with Crippen LogP contribution in [0.1, 0.15) is 37.7 Å². The van der Waals surface area contributed by atoms with Gasteiger partial charge in [-0.05, 0) is 69.6 Å². The van der Waals surface area contributed by atoms with Crippen molar-refractivity contribution in [3.63, 3.8) is 0 Å². The van der Waals surface area contributed by atoms with E-state index in [1.54, 1.807) is 0 Å². The maximum atomic E-state index is 5.96. The van der Waals surface area contributed by atoms with Gasteiger partial charge in [0.25, 0.3) is 0 Å². The fourth-order valence-corrected chi connectivity index (χ4v) is 3.54. The second kappa shape index (κ2) is 8.67. The molecule has 4 nitrogen and oxygen atoms in total. The predicted molar refractivity (Wildman–Crippen MR) is 94.7 cm³/mol. The zero-order valence-corrected chi connectivity index (χ0v) is 14.3. The molecule has 0 bridgehead atoms. The first kappa shape index (κ1) is 16.7. The molecule has 0 amide bonds. The zero-order chi connectivity index (χ0) is 15.9. The first-order valence-electron chi connectivity index (χ1n) is 9.21. The summed E-state index contributed by atoms with van der Waals surface area (Å²) in [7, 11) is 0. The SMILES string of the molecule is NC1CCN(Cc2ccc(OCCN3CCCCC3)cc2)CC1. The molecule has 0 saturated carbocycles. The highest BCUT2D eigenvalue weighted by Crippen LogP contribution is 2.16. The third kappa shape index (κ3) is 5.48. The fourth-order valence-electron chi connectivity index (χ4n) is 3.54. The molecule has 1 aromatic rings. The van der Waals surface area contributed by atoms with E-state index in [-0.39, 0.29) is 0 Å². The summed E-state index contributed by atoms with van der Waals surface area (Å²) in [5, 5.41) is 0. The van der Waals surface area contributed by atoms with E-state index in [0.717, 1.165) is 51.4 Å². The average Bonchev–Trinajstić information content (AvgIpc) is 2.59. The number of likely N-dealkylation sites (tertiary alicyclic amines) is 2. The Morgan fingerprint density at radius 1 is 0.913 bits per heavy atom. The first-order valence-corrected chi connectivity index (χ1v) is 9.21. The summed E-state index contributed by atoms with van der Waals surface area (Å²) >= 11 is 0. The first-order chi connectivity index (χ1) is 11.3. The van der Waals surface area contributed by atoms with E-state index < -0.39 is 0 Å². The number of piperidine rings is 2. The van der Waals surface area contributed by atoms with Crippen molar-refractivity contribution < 1.29 is 4.74 Å². The minimum atomic E-state index is 0.405. The van der Waals surface area contributed by atoms with Gasteiger partial charge in [0.1, 0.15) is 12.4 Å². The molecule has 0 aromatic heterocycles. The number of ether oxygens (including phenoxy) is 1. The van der Waals surface area contributed by atoms with Gasteiger partial charge in [-0.3, -0.25) is 9.80 Å². The number of nitrogens with zero attached hydrogens (tertiary/aromatic N) is 2. The van der Waals surface area contributed by atoms with Crippen molar-refractivity contribution in [2.24, 2.45) is 5.73 Å². The van der Waals surface area contributed by atoms with Crippen molar-refractivity contribution in [2.75, 3.05) is 39.3 Å². The van der Waals surface area contributed by atoms with Crippen LogP contribution < -0.4 is 10.5 Å². The molecule has 2 N–H and O–H groups in total. The Kier molecular flexibility index (Phi) is 6.31. The third-order valence-electron chi connectivity index (χ3n) is 5.09. The van der Waals surface area contributed by atoms with Crippen molar-refractivity contribution in [2.45, 2.75) is 44.7 Å². The van der Waals surface area contributed by atoms with Gasteiger partial charge in [0.15, 0.2) is 0 Å². The lowest BCUT2D eigenvalue weighted by Gasteiger charge is -2.30. The van der Waals surface area contributed by atoms with Crippen molar-refractivity contribution >= 4 is 0 Å². The molecule has 1 aromatic carbocycles. The van der Waals surface area contributed by atoms with E-state index in [1.807, 2.05) is 0 Å². The highest BCUT2D eigenvalue weighted by atomic mass is 16.5. The molecule has 2 aliphatic rings. The molecule has 2 heterocycles. The van der Waals surface area contributed by atoms with E-state index >= 15 is 0 Å². The van der Waals surface area contributed by atoms with Gasteiger partial charge in [-0.2, -0.15) is 0 Å². The minimum Gasteiger partial charge on any atom is -0.492 e. The van der Waals surface area contributed by atoms with Crippen molar-refractivity contribution in [1.29, 1.82) is 0 Å². The van der Waals surface area contributed by atoms with Gasteiger partial charge in [0.2, 0.25) is 0 Å². The van der Waals surface area contributed by atoms with Gasteiger partial charge >= 0.3 is 0 Å². The molecule has 2 fully saturated rings. The lowest BCUT2D eigenvalue weighted by atomic mass is 10.1.